The fourth-order valence-corrected chi connectivity index (χ4v) is 2.40. The van der Waals surface area contributed by atoms with Crippen molar-refractivity contribution in [2.45, 2.75) is 24.9 Å². The van der Waals surface area contributed by atoms with Crippen LogP contribution in [0.15, 0.2) is 18.2 Å². The van der Waals surface area contributed by atoms with Crippen LogP contribution in [0.25, 0.3) is 0 Å². The maximum Gasteiger partial charge on any atom is 0.222 e. The van der Waals surface area contributed by atoms with E-state index in [9.17, 15) is 9.18 Å². The molecule has 2 rings (SSSR count). The lowest BCUT2D eigenvalue weighted by atomic mass is 9.91. The molecule has 98 valence electrons. The number of carbonyl (C=O) groups excluding carboxylic acids is 1. The second kappa shape index (κ2) is 4.94. The lowest BCUT2D eigenvalue weighted by Crippen LogP contribution is -2.46. The monoisotopic (exact) mass is 252 g/mol. The summed E-state index contributed by atoms with van der Waals surface area (Å²) in [6.07, 6.45) is 1.08. The van der Waals surface area contributed by atoms with Gasteiger partial charge in [0.1, 0.15) is 0 Å². The molecule has 0 aromatic heterocycles. The minimum absolute atomic E-state index is 0.0397. The topological polar surface area (TPSA) is 55.6 Å². The zero-order valence-corrected chi connectivity index (χ0v) is 10.5. The number of carbonyl (C=O) groups is 1. The van der Waals surface area contributed by atoms with Crippen LogP contribution in [0.1, 0.15) is 24.4 Å². The van der Waals surface area contributed by atoms with E-state index < -0.39 is 5.82 Å². The van der Waals surface area contributed by atoms with E-state index in [1.807, 2.05) is 0 Å². The van der Waals surface area contributed by atoms with E-state index >= 15 is 0 Å². The van der Waals surface area contributed by atoms with Crippen LogP contribution in [0.2, 0.25) is 0 Å². The van der Waals surface area contributed by atoms with Crippen molar-refractivity contribution in [2.24, 2.45) is 5.73 Å². The van der Waals surface area contributed by atoms with E-state index in [-0.39, 0.29) is 23.7 Å². The molecule has 5 heteroatoms. The van der Waals surface area contributed by atoms with Crippen LogP contribution in [0.3, 0.4) is 0 Å². The number of likely N-dealkylation sites (tertiary alicyclic amines) is 1. The molecule has 0 aliphatic carbocycles. The third-order valence-corrected chi connectivity index (χ3v) is 3.43. The zero-order valence-electron chi connectivity index (χ0n) is 10.5. The Morgan fingerprint density at radius 2 is 2.22 bits per heavy atom. The molecule has 1 saturated heterocycles. The third-order valence-electron chi connectivity index (χ3n) is 3.43. The quantitative estimate of drug-likeness (QED) is 0.866. The van der Waals surface area contributed by atoms with Gasteiger partial charge in [-0.15, -0.1) is 0 Å². The highest BCUT2D eigenvalue weighted by molar-refractivity contribution is 5.77. The molecular formula is C13H17FN2O2. The Morgan fingerprint density at radius 3 is 2.83 bits per heavy atom. The van der Waals surface area contributed by atoms with Crippen LogP contribution in [-0.2, 0) is 4.79 Å². The lowest BCUT2D eigenvalue weighted by molar-refractivity contribution is -0.135. The summed E-state index contributed by atoms with van der Waals surface area (Å²) in [6.45, 7) is 0. The highest BCUT2D eigenvalue weighted by Gasteiger charge is 2.32. The lowest BCUT2D eigenvalue weighted by Gasteiger charge is -2.37. The Hall–Kier alpha value is -1.62. The standard InChI is InChI=1S/C13H17FN2O2/c1-16-12(17)6-4-10(15)13(16)8-3-5-11(18-2)9(14)7-8/h3,5,7,10,13H,4,6,15H2,1-2H3. The molecule has 2 N–H and O–H groups in total. The van der Waals surface area contributed by atoms with E-state index in [4.69, 9.17) is 10.5 Å². The fourth-order valence-electron chi connectivity index (χ4n) is 2.40. The predicted octanol–water partition coefficient (Wildman–Crippen LogP) is 1.45. The van der Waals surface area contributed by atoms with Crippen molar-refractivity contribution >= 4 is 5.91 Å². The molecule has 0 radical (unpaired) electrons. The van der Waals surface area contributed by atoms with Crippen molar-refractivity contribution < 1.29 is 13.9 Å². The summed E-state index contributed by atoms with van der Waals surface area (Å²) in [6, 6.07) is 4.26. The van der Waals surface area contributed by atoms with Gasteiger partial charge in [-0.3, -0.25) is 4.79 Å². The number of hydrogen-bond donors (Lipinski definition) is 1. The van der Waals surface area contributed by atoms with Crippen molar-refractivity contribution in [3.63, 3.8) is 0 Å². The molecule has 1 aromatic carbocycles. The molecule has 18 heavy (non-hydrogen) atoms. The van der Waals surface area contributed by atoms with Crippen molar-refractivity contribution in [1.82, 2.24) is 4.90 Å². The summed E-state index contributed by atoms with van der Waals surface area (Å²) >= 11 is 0. The molecule has 1 aromatic rings. The Labute approximate surface area is 106 Å². The van der Waals surface area contributed by atoms with Crippen molar-refractivity contribution in [2.75, 3.05) is 14.2 Å². The van der Waals surface area contributed by atoms with Gasteiger partial charge in [0.05, 0.1) is 13.2 Å². The van der Waals surface area contributed by atoms with Gasteiger partial charge in [0.2, 0.25) is 5.91 Å². The number of hydrogen-bond acceptors (Lipinski definition) is 3. The van der Waals surface area contributed by atoms with Crippen molar-refractivity contribution in [1.29, 1.82) is 0 Å². The first-order valence-electron chi connectivity index (χ1n) is 5.89. The Kier molecular flexibility index (Phi) is 3.52. The molecule has 0 spiro atoms. The van der Waals surface area contributed by atoms with E-state index in [0.29, 0.717) is 18.4 Å². The molecule has 1 aliphatic rings. The highest BCUT2D eigenvalue weighted by Crippen LogP contribution is 2.31. The number of halogens is 1. The van der Waals surface area contributed by atoms with Crippen LogP contribution < -0.4 is 10.5 Å². The van der Waals surface area contributed by atoms with Gasteiger partial charge in [-0.2, -0.15) is 0 Å². The number of piperidine rings is 1. The molecule has 2 atom stereocenters. The van der Waals surface area contributed by atoms with Gasteiger partial charge >= 0.3 is 0 Å². The Balaban J connectivity index is 2.34. The third kappa shape index (κ3) is 2.18. The second-order valence-electron chi connectivity index (χ2n) is 4.55. The van der Waals surface area contributed by atoms with Gasteiger partial charge < -0.3 is 15.4 Å². The fraction of sp³-hybridized carbons (Fsp3) is 0.462. The molecule has 0 bridgehead atoms. The van der Waals surface area contributed by atoms with Gasteiger partial charge in [0.15, 0.2) is 11.6 Å². The van der Waals surface area contributed by atoms with Gasteiger partial charge in [0.25, 0.3) is 0 Å². The number of ether oxygens (including phenoxy) is 1. The van der Waals surface area contributed by atoms with Gasteiger partial charge in [-0.1, -0.05) is 6.07 Å². The maximum absolute atomic E-state index is 13.7. The zero-order chi connectivity index (χ0) is 13.3. The van der Waals surface area contributed by atoms with E-state index in [0.717, 1.165) is 0 Å². The second-order valence-corrected chi connectivity index (χ2v) is 4.55. The summed E-state index contributed by atoms with van der Waals surface area (Å²) < 4.78 is 18.6. The van der Waals surface area contributed by atoms with Gasteiger partial charge in [-0.25, -0.2) is 4.39 Å². The molecule has 2 unspecified atom stereocenters. The van der Waals surface area contributed by atoms with Gasteiger partial charge in [0, 0.05) is 19.5 Å². The molecule has 4 nitrogen and oxygen atoms in total. The Bertz CT molecular complexity index is 464. The van der Waals surface area contributed by atoms with Crippen LogP contribution in [0.5, 0.6) is 5.75 Å². The van der Waals surface area contributed by atoms with E-state index in [1.165, 1.54) is 13.2 Å². The average Bonchev–Trinajstić information content (AvgIpc) is 2.35. The smallest absolute Gasteiger partial charge is 0.222 e. The van der Waals surface area contributed by atoms with Crippen LogP contribution in [0.4, 0.5) is 4.39 Å². The molecule has 1 amide bonds. The molecular weight excluding hydrogens is 235 g/mol. The number of likely N-dealkylation sites (N-methyl/N-ethyl adjacent to an activating group) is 1. The number of methoxy groups -OCH3 is 1. The molecule has 0 saturated carbocycles. The summed E-state index contributed by atoms with van der Waals surface area (Å²) in [5.41, 5.74) is 6.74. The summed E-state index contributed by atoms with van der Waals surface area (Å²) in [4.78, 5) is 13.3. The normalized spacial score (nSPS) is 24.2. The maximum atomic E-state index is 13.7. The highest BCUT2D eigenvalue weighted by atomic mass is 19.1. The number of rotatable bonds is 2. The minimum Gasteiger partial charge on any atom is -0.494 e. The van der Waals surface area contributed by atoms with Crippen LogP contribution in [0, 0.1) is 5.82 Å². The molecule has 1 heterocycles. The number of amides is 1. The largest absolute Gasteiger partial charge is 0.494 e. The van der Waals surface area contributed by atoms with Gasteiger partial charge in [-0.05, 0) is 24.1 Å². The first-order valence-corrected chi connectivity index (χ1v) is 5.89. The number of nitrogens with two attached hydrogens (primary N) is 1. The average molecular weight is 252 g/mol. The first kappa shape index (κ1) is 12.8. The number of nitrogens with zero attached hydrogens (tertiary/aromatic N) is 1. The SMILES string of the molecule is COc1ccc(C2C(N)CCC(=O)N2C)cc1F. The number of benzene rings is 1. The Morgan fingerprint density at radius 1 is 1.50 bits per heavy atom. The predicted molar refractivity (Wildman–Crippen MR) is 65.7 cm³/mol. The molecule has 1 fully saturated rings. The van der Waals surface area contributed by atoms with E-state index in [2.05, 4.69) is 0 Å². The first-order chi connectivity index (χ1) is 8.54. The summed E-state index contributed by atoms with van der Waals surface area (Å²) in [5, 5.41) is 0. The van der Waals surface area contributed by atoms with E-state index in [1.54, 1.807) is 24.1 Å². The summed E-state index contributed by atoms with van der Waals surface area (Å²) in [7, 11) is 3.12. The summed E-state index contributed by atoms with van der Waals surface area (Å²) in [5.74, 6) is -0.205. The van der Waals surface area contributed by atoms with Crippen molar-refractivity contribution in [3.05, 3.63) is 29.6 Å². The van der Waals surface area contributed by atoms with Crippen LogP contribution >= 0.6 is 0 Å². The van der Waals surface area contributed by atoms with Crippen molar-refractivity contribution in [3.8, 4) is 5.75 Å². The van der Waals surface area contributed by atoms with Crippen LogP contribution in [-0.4, -0.2) is 31.0 Å². The minimum atomic E-state index is -0.436. The molecule has 1 aliphatic heterocycles.